The molecule has 0 aliphatic carbocycles. The summed E-state index contributed by atoms with van der Waals surface area (Å²) in [6.45, 7) is 0.814. The molecule has 0 bridgehead atoms. The first-order chi connectivity index (χ1) is 9.86. The van der Waals surface area contributed by atoms with E-state index in [-0.39, 0.29) is 11.9 Å². The van der Waals surface area contributed by atoms with Crippen LogP contribution in [0.2, 0.25) is 0 Å². The molecule has 1 atom stereocenters. The average molecular weight is 266 g/mol. The van der Waals surface area contributed by atoms with Gasteiger partial charge in [-0.25, -0.2) is 0 Å². The highest BCUT2D eigenvalue weighted by atomic mass is 16.2. The molecule has 0 radical (unpaired) electrons. The minimum Gasteiger partial charge on any atom is -0.330 e. The van der Waals surface area contributed by atoms with Gasteiger partial charge in [-0.2, -0.15) is 0 Å². The van der Waals surface area contributed by atoms with Crippen LogP contribution in [0.4, 0.5) is 0 Å². The van der Waals surface area contributed by atoms with E-state index in [0.29, 0.717) is 0 Å². The summed E-state index contributed by atoms with van der Waals surface area (Å²) in [4.78, 5) is 19.1. The van der Waals surface area contributed by atoms with E-state index in [9.17, 15) is 4.79 Å². The number of likely N-dealkylation sites (tertiary alicyclic amines) is 1. The first kappa shape index (κ1) is 12.9. The summed E-state index contributed by atoms with van der Waals surface area (Å²) in [7, 11) is 0. The summed E-state index contributed by atoms with van der Waals surface area (Å²) in [6, 6.07) is 15.5. The predicted molar refractivity (Wildman–Crippen MR) is 78.3 cm³/mol. The molecule has 3 nitrogen and oxygen atoms in total. The Balaban J connectivity index is 1.88. The van der Waals surface area contributed by atoms with Crippen LogP contribution in [0.3, 0.4) is 0 Å². The van der Waals surface area contributed by atoms with Crippen molar-refractivity contribution in [3.63, 3.8) is 0 Å². The van der Waals surface area contributed by atoms with Crippen LogP contribution < -0.4 is 0 Å². The Morgan fingerprint density at radius 2 is 1.85 bits per heavy atom. The number of rotatable bonds is 2. The number of hydrogen-bond donors (Lipinski definition) is 0. The smallest absolute Gasteiger partial charge is 0.254 e. The van der Waals surface area contributed by atoms with Crippen LogP contribution in [0.5, 0.6) is 0 Å². The van der Waals surface area contributed by atoms with Gasteiger partial charge >= 0.3 is 0 Å². The normalized spacial score (nSPS) is 18.8. The van der Waals surface area contributed by atoms with Gasteiger partial charge in [0.05, 0.1) is 11.7 Å². The maximum Gasteiger partial charge on any atom is 0.254 e. The van der Waals surface area contributed by atoms with E-state index in [2.05, 4.69) is 4.98 Å². The zero-order valence-corrected chi connectivity index (χ0v) is 11.4. The molecule has 1 unspecified atom stereocenters. The van der Waals surface area contributed by atoms with Gasteiger partial charge in [-0.15, -0.1) is 0 Å². The lowest BCUT2D eigenvalue weighted by Gasteiger charge is -2.35. The number of carbonyl (C=O) groups is 1. The third-order valence-electron chi connectivity index (χ3n) is 3.81. The lowest BCUT2D eigenvalue weighted by Crippen LogP contribution is -2.38. The number of piperidine rings is 1. The second kappa shape index (κ2) is 5.87. The molecule has 1 aromatic heterocycles. The third-order valence-corrected chi connectivity index (χ3v) is 3.81. The van der Waals surface area contributed by atoms with E-state index in [1.54, 1.807) is 6.20 Å². The molecule has 1 aromatic carbocycles. The van der Waals surface area contributed by atoms with Gasteiger partial charge in [-0.05, 0) is 43.5 Å². The second-order valence-electron chi connectivity index (χ2n) is 5.13. The highest BCUT2D eigenvalue weighted by molar-refractivity contribution is 5.94. The molecular weight excluding hydrogens is 248 g/mol. The molecule has 3 heteroatoms. The summed E-state index contributed by atoms with van der Waals surface area (Å²) in [5.41, 5.74) is 1.76. The van der Waals surface area contributed by atoms with E-state index >= 15 is 0 Å². The third kappa shape index (κ3) is 2.57. The Morgan fingerprint density at radius 1 is 1.05 bits per heavy atom. The molecule has 3 rings (SSSR count). The van der Waals surface area contributed by atoms with Crippen LogP contribution in [0.15, 0.2) is 54.7 Å². The minimum atomic E-state index is 0.109. The summed E-state index contributed by atoms with van der Waals surface area (Å²) >= 11 is 0. The number of carbonyl (C=O) groups excluding carboxylic acids is 1. The molecule has 0 N–H and O–H groups in total. The molecule has 0 saturated carbocycles. The van der Waals surface area contributed by atoms with Crippen molar-refractivity contribution in [2.24, 2.45) is 0 Å². The topological polar surface area (TPSA) is 33.2 Å². The lowest BCUT2D eigenvalue weighted by atomic mass is 9.97. The number of benzene rings is 1. The average Bonchev–Trinajstić information content (AvgIpc) is 2.56. The zero-order valence-electron chi connectivity index (χ0n) is 11.4. The molecule has 0 spiro atoms. The van der Waals surface area contributed by atoms with Gasteiger partial charge in [0.2, 0.25) is 0 Å². The molecule has 2 heterocycles. The molecule has 1 aliphatic rings. The van der Waals surface area contributed by atoms with Crippen molar-refractivity contribution >= 4 is 5.91 Å². The van der Waals surface area contributed by atoms with Crippen LogP contribution in [0.1, 0.15) is 41.4 Å². The summed E-state index contributed by atoms with van der Waals surface area (Å²) in [5, 5.41) is 0. The second-order valence-corrected chi connectivity index (χ2v) is 5.13. The molecule has 1 saturated heterocycles. The first-order valence-corrected chi connectivity index (χ1v) is 7.13. The summed E-state index contributed by atoms with van der Waals surface area (Å²) in [5.74, 6) is 0.112. The van der Waals surface area contributed by atoms with Crippen molar-refractivity contribution in [3.8, 4) is 0 Å². The minimum absolute atomic E-state index is 0.109. The molecule has 102 valence electrons. The quantitative estimate of drug-likeness (QED) is 0.834. The molecule has 1 amide bonds. The first-order valence-electron chi connectivity index (χ1n) is 7.13. The van der Waals surface area contributed by atoms with Crippen LogP contribution >= 0.6 is 0 Å². The highest BCUT2D eigenvalue weighted by Gasteiger charge is 2.29. The van der Waals surface area contributed by atoms with Crippen LogP contribution in [-0.4, -0.2) is 22.3 Å². The number of pyridine rings is 1. The molecule has 20 heavy (non-hydrogen) atoms. The Labute approximate surface area is 119 Å². The van der Waals surface area contributed by atoms with Crippen LogP contribution in [0.25, 0.3) is 0 Å². The van der Waals surface area contributed by atoms with Crippen molar-refractivity contribution < 1.29 is 4.79 Å². The van der Waals surface area contributed by atoms with Crippen LogP contribution in [0, 0.1) is 0 Å². The summed E-state index contributed by atoms with van der Waals surface area (Å²) in [6.07, 6.45) is 5.02. The maximum absolute atomic E-state index is 12.7. The van der Waals surface area contributed by atoms with Crippen LogP contribution in [-0.2, 0) is 0 Å². The molecule has 2 aromatic rings. The fourth-order valence-corrected chi connectivity index (χ4v) is 2.80. The van der Waals surface area contributed by atoms with Crippen molar-refractivity contribution in [2.45, 2.75) is 25.3 Å². The highest BCUT2D eigenvalue weighted by Crippen LogP contribution is 2.30. The van der Waals surface area contributed by atoms with E-state index < -0.39 is 0 Å². The predicted octanol–water partition coefficient (Wildman–Crippen LogP) is 3.45. The van der Waals surface area contributed by atoms with Crippen molar-refractivity contribution in [1.29, 1.82) is 0 Å². The standard InChI is InChI=1S/C17H18N2O/c20-17(14-8-2-1-3-9-14)19-13-7-5-11-16(19)15-10-4-6-12-18-15/h1-4,6,8-10,12,16H,5,7,11,13H2. The van der Waals surface area contributed by atoms with Gasteiger partial charge in [0.1, 0.15) is 0 Å². The Kier molecular flexibility index (Phi) is 3.77. The lowest BCUT2D eigenvalue weighted by molar-refractivity contribution is 0.0606. The van der Waals surface area contributed by atoms with E-state index in [4.69, 9.17) is 0 Å². The van der Waals surface area contributed by atoms with E-state index in [0.717, 1.165) is 37.1 Å². The Morgan fingerprint density at radius 3 is 2.60 bits per heavy atom. The Hall–Kier alpha value is -2.16. The number of amides is 1. The molecule has 1 fully saturated rings. The number of aromatic nitrogens is 1. The van der Waals surface area contributed by atoms with Crippen molar-refractivity contribution in [3.05, 3.63) is 66.0 Å². The van der Waals surface area contributed by atoms with Crippen molar-refractivity contribution in [1.82, 2.24) is 9.88 Å². The SMILES string of the molecule is O=C(c1ccccc1)N1CCCCC1c1ccccn1. The molecular formula is C17H18N2O. The van der Waals surface area contributed by atoms with Gasteiger partial charge in [0, 0.05) is 18.3 Å². The van der Waals surface area contributed by atoms with E-state index in [1.165, 1.54) is 0 Å². The molecule has 1 aliphatic heterocycles. The maximum atomic E-state index is 12.7. The van der Waals surface area contributed by atoms with Gasteiger partial charge in [-0.3, -0.25) is 9.78 Å². The Bertz CT molecular complexity index is 568. The number of nitrogens with zero attached hydrogens (tertiary/aromatic N) is 2. The van der Waals surface area contributed by atoms with Crippen molar-refractivity contribution in [2.75, 3.05) is 6.54 Å². The number of hydrogen-bond acceptors (Lipinski definition) is 2. The zero-order chi connectivity index (χ0) is 13.8. The fraction of sp³-hybridized carbons (Fsp3) is 0.294. The van der Waals surface area contributed by atoms with E-state index in [1.807, 2.05) is 53.4 Å². The van der Waals surface area contributed by atoms with Gasteiger partial charge in [-0.1, -0.05) is 24.3 Å². The largest absolute Gasteiger partial charge is 0.330 e. The van der Waals surface area contributed by atoms with Gasteiger partial charge in [0.25, 0.3) is 5.91 Å². The summed E-state index contributed by atoms with van der Waals surface area (Å²) < 4.78 is 0. The monoisotopic (exact) mass is 266 g/mol. The fourth-order valence-electron chi connectivity index (χ4n) is 2.80. The van der Waals surface area contributed by atoms with Gasteiger partial charge in [0.15, 0.2) is 0 Å². The van der Waals surface area contributed by atoms with Gasteiger partial charge < -0.3 is 4.90 Å².